The third-order valence-corrected chi connectivity index (χ3v) is 3.47. The number of aldehydes is 1. The summed E-state index contributed by atoms with van der Waals surface area (Å²) in [6.45, 7) is 6.78. The van der Waals surface area contributed by atoms with Gasteiger partial charge in [0.2, 0.25) is 5.91 Å². The van der Waals surface area contributed by atoms with Crippen molar-refractivity contribution < 1.29 is 9.59 Å². The fourth-order valence-electron chi connectivity index (χ4n) is 2.27. The molecule has 0 spiro atoms. The van der Waals surface area contributed by atoms with Crippen LogP contribution in [0.1, 0.15) is 22.8 Å². The van der Waals surface area contributed by atoms with Gasteiger partial charge in [-0.3, -0.25) is 9.59 Å². The van der Waals surface area contributed by atoms with Crippen LogP contribution >= 0.6 is 0 Å². The molecule has 0 atom stereocenters. The van der Waals surface area contributed by atoms with Crippen molar-refractivity contribution >= 4 is 17.9 Å². The fourth-order valence-corrected chi connectivity index (χ4v) is 2.27. The van der Waals surface area contributed by atoms with Crippen LogP contribution in [0.3, 0.4) is 0 Å². The van der Waals surface area contributed by atoms with Gasteiger partial charge < -0.3 is 9.80 Å². The van der Waals surface area contributed by atoms with Crippen molar-refractivity contribution in [3.63, 3.8) is 0 Å². The smallest absolute Gasteiger partial charge is 0.219 e. The molecule has 0 saturated carbocycles. The Hall–Kier alpha value is -1.84. The molecule has 1 amide bonds. The topological polar surface area (TPSA) is 40.6 Å². The van der Waals surface area contributed by atoms with Crippen molar-refractivity contribution in [2.24, 2.45) is 0 Å². The van der Waals surface area contributed by atoms with Crippen LogP contribution in [0.5, 0.6) is 0 Å². The van der Waals surface area contributed by atoms with Crippen LogP contribution < -0.4 is 4.90 Å². The zero-order valence-electron chi connectivity index (χ0n) is 10.8. The lowest BCUT2D eigenvalue weighted by molar-refractivity contribution is -0.129. The SMILES string of the molecule is CC(=O)N1CCN(c2ccc(C=O)c(C)c2)CC1. The van der Waals surface area contributed by atoms with Crippen molar-refractivity contribution in [3.8, 4) is 0 Å². The lowest BCUT2D eigenvalue weighted by atomic mass is 10.1. The first kappa shape index (κ1) is 12.6. The number of aryl methyl sites for hydroxylation is 1. The Morgan fingerprint density at radius 3 is 2.39 bits per heavy atom. The van der Waals surface area contributed by atoms with E-state index in [1.165, 1.54) is 0 Å². The van der Waals surface area contributed by atoms with Gasteiger partial charge in [0.1, 0.15) is 6.29 Å². The van der Waals surface area contributed by atoms with E-state index >= 15 is 0 Å². The number of amides is 1. The summed E-state index contributed by atoms with van der Waals surface area (Å²) < 4.78 is 0. The predicted octanol–water partition coefficient (Wildman–Crippen LogP) is 1.48. The maximum Gasteiger partial charge on any atom is 0.219 e. The first-order valence-electron chi connectivity index (χ1n) is 6.18. The molecule has 0 aliphatic carbocycles. The highest BCUT2D eigenvalue weighted by Crippen LogP contribution is 2.19. The summed E-state index contributed by atoms with van der Waals surface area (Å²) in [4.78, 5) is 26.1. The quantitative estimate of drug-likeness (QED) is 0.742. The maximum absolute atomic E-state index is 11.2. The van der Waals surface area contributed by atoms with E-state index in [9.17, 15) is 9.59 Å². The Balaban J connectivity index is 2.08. The number of hydrogen-bond acceptors (Lipinski definition) is 3. The summed E-state index contributed by atoms with van der Waals surface area (Å²) >= 11 is 0. The van der Waals surface area contributed by atoms with Crippen molar-refractivity contribution in [2.75, 3.05) is 31.1 Å². The molecular weight excluding hydrogens is 228 g/mol. The molecule has 0 aromatic heterocycles. The molecule has 0 bridgehead atoms. The van der Waals surface area contributed by atoms with Gasteiger partial charge in [-0.1, -0.05) is 0 Å². The molecule has 1 saturated heterocycles. The zero-order chi connectivity index (χ0) is 13.1. The molecule has 18 heavy (non-hydrogen) atoms. The zero-order valence-corrected chi connectivity index (χ0v) is 10.8. The Morgan fingerprint density at radius 1 is 1.22 bits per heavy atom. The molecule has 1 heterocycles. The highest BCUT2D eigenvalue weighted by molar-refractivity contribution is 5.78. The van der Waals surface area contributed by atoms with Crippen LogP contribution in [0.2, 0.25) is 0 Å². The average molecular weight is 246 g/mol. The second-order valence-corrected chi connectivity index (χ2v) is 4.65. The van der Waals surface area contributed by atoms with E-state index in [0.717, 1.165) is 49.3 Å². The molecule has 1 aromatic rings. The summed E-state index contributed by atoms with van der Waals surface area (Å²) in [6, 6.07) is 5.86. The lowest BCUT2D eigenvalue weighted by Crippen LogP contribution is -2.48. The number of benzene rings is 1. The van der Waals surface area contributed by atoms with Crippen LogP contribution in [-0.4, -0.2) is 43.3 Å². The average Bonchev–Trinajstić information content (AvgIpc) is 2.38. The summed E-state index contributed by atoms with van der Waals surface area (Å²) in [7, 11) is 0. The van der Waals surface area contributed by atoms with E-state index in [-0.39, 0.29) is 5.91 Å². The first-order chi connectivity index (χ1) is 8.61. The van der Waals surface area contributed by atoms with Gasteiger partial charge in [-0.25, -0.2) is 0 Å². The number of carbonyl (C=O) groups is 2. The van der Waals surface area contributed by atoms with E-state index in [1.807, 2.05) is 30.0 Å². The van der Waals surface area contributed by atoms with Crippen molar-refractivity contribution in [2.45, 2.75) is 13.8 Å². The van der Waals surface area contributed by atoms with E-state index < -0.39 is 0 Å². The predicted molar refractivity (Wildman–Crippen MR) is 71.0 cm³/mol. The van der Waals surface area contributed by atoms with Gasteiger partial charge in [-0.15, -0.1) is 0 Å². The minimum atomic E-state index is 0.141. The molecule has 1 aliphatic rings. The highest BCUT2D eigenvalue weighted by atomic mass is 16.2. The second kappa shape index (κ2) is 5.21. The van der Waals surface area contributed by atoms with Gasteiger partial charge in [0.25, 0.3) is 0 Å². The lowest BCUT2D eigenvalue weighted by Gasteiger charge is -2.35. The highest BCUT2D eigenvalue weighted by Gasteiger charge is 2.18. The monoisotopic (exact) mass is 246 g/mol. The van der Waals surface area contributed by atoms with Crippen molar-refractivity contribution in [1.29, 1.82) is 0 Å². The Morgan fingerprint density at radius 2 is 1.89 bits per heavy atom. The van der Waals surface area contributed by atoms with Crippen LogP contribution in [0.4, 0.5) is 5.69 Å². The molecule has 0 N–H and O–H groups in total. The number of hydrogen-bond donors (Lipinski definition) is 0. The number of anilines is 1. The van der Waals surface area contributed by atoms with E-state index in [2.05, 4.69) is 4.90 Å². The molecule has 4 nitrogen and oxygen atoms in total. The molecule has 0 radical (unpaired) electrons. The molecule has 0 unspecified atom stereocenters. The van der Waals surface area contributed by atoms with E-state index in [0.29, 0.717) is 0 Å². The number of rotatable bonds is 2. The van der Waals surface area contributed by atoms with Crippen molar-refractivity contribution in [3.05, 3.63) is 29.3 Å². The summed E-state index contributed by atoms with van der Waals surface area (Å²) in [6.07, 6.45) is 0.882. The maximum atomic E-state index is 11.2. The number of piperazine rings is 1. The Labute approximate surface area is 107 Å². The minimum absolute atomic E-state index is 0.141. The van der Waals surface area contributed by atoms with Gasteiger partial charge in [0.15, 0.2) is 0 Å². The molecule has 2 rings (SSSR count). The van der Waals surface area contributed by atoms with Crippen LogP contribution in [-0.2, 0) is 4.79 Å². The molecular formula is C14H18N2O2. The Kier molecular flexibility index (Phi) is 3.65. The third-order valence-electron chi connectivity index (χ3n) is 3.47. The summed E-state index contributed by atoms with van der Waals surface area (Å²) in [5.74, 6) is 0.141. The van der Waals surface area contributed by atoms with Gasteiger partial charge in [-0.2, -0.15) is 0 Å². The number of carbonyl (C=O) groups excluding carboxylic acids is 2. The van der Waals surface area contributed by atoms with Gasteiger partial charge in [0.05, 0.1) is 0 Å². The Bertz CT molecular complexity index is 463. The first-order valence-corrected chi connectivity index (χ1v) is 6.18. The van der Waals surface area contributed by atoms with Gasteiger partial charge >= 0.3 is 0 Å². The summed E-state index contributed by atoms with van der Waals surface area (Å²) in [5.41, 5.74) is 2.86. The molecule has 96 valence electrons. The second-order valence-electron chi connectivity index (χ2n) is 4.65. The standard InChI is InChI=1S/C14H18N2O2/c1-11-9-14(4-3-13(11)10-17)16-7-5-15(6-8-16)12(2)18/h3-4,9-10H,5-8H2,1-2H3. The summed E-state index contributed by atoms with van der Waals surface area (Å²) in [5, 5.41) is 0. The van der Waals surface area contributed by atoms with E-state index in [1.54, 1.807) is 6.92 Å². The van der Waals surface area contributed by atoms with E-state index in [4.69, 9.17) is 0 Å². The molecule has 1 aromatic carbocycles. The molecule has 1 fully saturated rings. The normalized spacial score (nSPS) is 15.7. The van der Waals surface area contributed by atoms with Crippen LogP contribution in [0, 0.1) is 6.92 Å². The van der Waals surface area contributed by atoms with Gasteiger partial charge in [-0.05, 0) is 30.7 Å². The third kappa shape index (κ3) is 2.53. The van der Waals surface area contributed by atoms with Gasteiger partial charge in [0, 0.05) is 44.4 Å². The minimum Gasteiger partial charge on any atom is -0.368 e. The number of nitrogens with zero attached hydrogens (tertiary/aromatic N) is 2. The van der Waals surface area contributed by atoms with Crippen molar-refractivity contribution in [1.82, 2.24) is 4.90 Å². The largest absolute Gasteiger partial charge is 0.368 e. The van der Waals surface area contributed by atoms with Crippen LogP contribution in [0.15, 0.2) is 18.2 Å². The molecule has 1 aliphatic heterocycles. The van der Waals surface area contributed by atoms with Crippen LogP contribution in [0.25, 0.3) is 0 Å². The fraction of sp³-hybridized carbons (Fsp3) is 0.429. The molecule has 4 heteroatoms.